The Balaban J connectivity index is 0.000000612. The number of hydrogen-bond acceptors (Lipinski definition) is 7. The zero-order valence-electron chi connectivity index (χ0n) is 16.1. The highest BCUT2D eigenvalue weighted by Crippen LogP contribution is 2.36. The summed E-state index contributed by atoms with van der Waals surface area (Å²) in [6.07, 6.45) is 0. The van der Waals surface area contributed by atoms with Crippen molar-refractivity contribution in [2.75, 3.05) is 25.5 Å². The molecule has 1 aromatic heterocycles. The number of rotatable bonds is 6. The van der Waals surface area contributed by atoms with E-state index in [2.05, 4.69) is 10.6 Å². The molecule has 1 heterocycles. The molecule has 10 heteroatoms. The van der Waals surface area contributed by atoms with Crippen LogP contribution >= 0.6 is 11.3 Å². The molecular weight excluding hydrogens is 400 g/mol. The highest BCUT2D eigenvalue weighted by atomic mass is 32.1. The predicted octanol–water partition coefficient (Wildman–Crippen LogP) is 2.21. The molecule has 0 aliphatic rings. The lowest BCUT2D eigenvalue weighted by Crippen LogP contribution is -2.25. The van der Waals surface area contributed by atoms with Gasteiger partial charge in [-0.2, -0.15) is 0 Å². The lowest BCUT2D eigenvalue weighted by Gasteiger charge is -2.09. The fraction of sp³-hybridized carbons (Fsp3) is 0.263. The molecular formula is C19H22N2O7S. The second-order valence-corrected chi connectivity index (χ2v) is 6.51. The number of aryl methyl sites for hydroxylation is 1. The van der Waals surface area contributed by atoms with Gasteiger partial charge >= 0.3 is 17.9 Å². The van der Waals surface area contributed by atoms with Crippen molar-refractivity contribution in [1.29, 1.82) is 0 Å². The molecule has 1 aromatic carbocycles. The summed E-state index contributed by atoms with van der Waals surface area (Å²) < 4.78 is 5.16. The normalized spacial score (nSPS) is 9.76. The van der Waals surface area contributed by atoms with Crippen molar-refractivity contribution in [1.82, 2.24) is 5.32 Å². The van der Waals surface area contributed by atoms with Crippen molar-refractivity contribution >= 4 is 40.2 Å². The Morgan fingerprint density at radius 2 is 1.66 bits per heavy atom. The van der Waals surface area contributed by atoms with Crippen LogP contribution in [0.5, 0.6) is 0 Å². The molecule has 0 bridgehead atoms. The third kappa shape index (κ3) is 7.35. The first-order valence-corrected chi connectivity index (χ1v) is 9.35. The summed E-state index contributed by atoms with van der Waals surface area (Å²) in [5.74, 6) is -4.27. The van der Waals surface area contributed by atoms with E-state index in [9.17, 15) is 9.59 Å². The molecule has 0 saturated heterocycles. The lowest BCUT2D eigenvalue weighted by molar-refractivity contribution is -0.159. The average molecular weight is 422 g/mol. The lowest BCUT2D eigenvalue weighted by atomic mass is 10.0. The minimum absolute atomic E-state index is 0.181. The summed E-state index contributed by atoms with van der Waals surface area (Å²) in [7, 11) is 1.69. The Bertz CT molecular complexity index is 863. The van der Waals surface area contributed by atoms with E-state index >= 15 is 0 Å². The number of carboxylic acid groups (broad SMARTS) is 2. The second kappa shape index (κ2) is 11.6. The van der Waals surface area contributed by atoms with Crippen LogP contribution in [0.4, 0.5) is 5.00 Å². The van der Waals surface area contributed by atoms with E-state index in [1.807, 2.05) is 36.6 Å². The third-order valence-corrected chi connectivity index (χ3v) is 4.30. The van der Waals surface area contributed by atoms with Crippen molar-refractivity contribution in [3.63, 3.8) is 0 Å². The van der Waals surface area contributed by atoms with Gasteiger partial charge in [-0.25, -0.2) is 14.4 Å². The van der Waals surface area contributed by atoms with Crippen molar-refractivity contribution in [2.45, 2.75) is 13.8 Å². The largest absolute Gasteiger partial charge is 0.473 e. The number of nitrogens with one attached hydrogen (secondary N) is 2. The second-order valence-electron chi connectivity index (χ2n) is 5.63. The Kier molecular flexibility index (Phi) is 9.49. The summed E-state index contributed by atoms with van der Waals surface area (Å²) in [5, 5.41) is 22.7. The number of carbonyl (C=O) groups is 4. The zero-order valence-corrected chi connectivity index (χ0v) is 17.0. The minimum atomic E-state index is -1.82. The summed E-state index contributed by atoms with van der Waals surface area (Å²) in [6, 6.07) is 7.89. The minimum Gasteiger partial charge on any atom is -0.473 e. The number of aliphatic carboxylic acids is 2. The average Bonchev–Trinajstić information content (AvgIpc) is 3.06. The van der Waals surface area contributed by atoms with E-state index in [1.165, 1.54) is 11.3 Å². The molecule has 9 nitrogen and oxygen atoms in total. The van der Waals surface area contributed by atoms with E-state index in [0.717, 1.165) is 16.7 Å². The smallest absolute Gasteiger partial charge is 0.414 e. The van der Waals surface area contributed by atoms with Crippen LogP contribution in [0.15, 0.2) is 29.6 Å². The van der Waals surface area contributed by atoms with Gasteiger partial charge in [0.2, 0.25) is 5.91 Å². The summed E-state index contributed by atoms with van der Waals surface area (Å²) >= 11 is 1.32. The quantitative estimate of drug-likeness (QED) is 0.410. The van der Waals surface area contributed by atoms with Gasteiger partial charge < -0.3 is 25.6 Å². The molecule has 2 rings (SSSR count). The van der Waals surface area contributed by atoms with Crippen LogP contribution in [0.1, 0.15) is 22.8 Å². The fourth-order valence-electron chi connectivity index (χ4n) is 2.13. The van der Waals surface area contributed by atoms with Crippen LogP contribution in [-0.4, -0.2) is 54.2 Å². The van der Waals surface area contributed by atoms with Crippen molar-refractivity contribution in [3.05, 3.63) is 40.8 Å². The SMILES string of the molecule is CCOC(=O)c1c(-c2ccc(C)cc2)csc1NC(=O)CNC.O=C(O)C(=O)O. The van der Waals surface area contributed by atoms with Crippen LogP contribution in [0, 0.1) is 6.92 Å². The van der Waals surface area contributed by atoms with Gasteiger partial charge in [0.25, 0.3) is 0 Å². The topological polar surface area (TPSA) is 142 Å². The molecule has 0 unspecified atom stereocenters. The van der Waals surface area contributed by atoms with Gasteiger partial charge in [0.05, 0.1) is 13.2 Å². The van der Waals surface area contributed by atoms with Gasteiger partial charge in [-0.3, -0.25) is 4.79 Å². The molecule has 156 valence electrons. The zero-order chi connectivity index (χ0) is 22.0. The first-order valence-electron chi connectivity index (χ1n) is 8.47. The monoisotopic (exact) mass is 422 g/mol. The van der Waals surface area contributed by atoms with Gasteiger partial charge in [0.15, 0.2) is 0 Å². The van der Waals surface area contributed by atoms with E-state index in [-0.39, 0.29) is 19.1 Å². The van der Waals surface area contributed by atoms with Gasteiger partial charge in [-0.05, 0) is 26.5 Å². The van der Waals surface area contributed by atoms with E-state index < -0.39 is 17.9 Å². The first kappa shape index (κ1) is 23.8. The number of likely N-dealkylation sites (N-methyl/N-ethyl adjacent to an activating group) is 1. The number of amides is 1. The molecule has 0 aliphatic heterocycles. The molecule has 29 heavy (non-hydrogen) atoms. The standard InChI is InChI=1S/C17H20N2O3S.C2H2O4/c1-4-22-17(21)15-13(12-7-5-11(2)6-8-12)10-23-16(15)19-14(20)9-18-3;3-1(4)2(5)6/h5-8,10,18H,4,9H2,1-3H3,(H,19,20);(H,3,4)(H,5,6). The number of ether oxygens (including phenoxy) is 1. The van der Waals surface area contributed by atoms with E-state index in [0.29, 0.717) is 10.6 Å². The fourth-order valence-corrected chi connectivity index (χ4v) is 3.11. The maximum Gasteiger partial charge on any atom is 0.414 e. The van der Waals surface area contributed by atoms with Crippen LogP contribution < -0.4 is 10.6 Å². The number of anilines is 1. The number of esters is 1. The first-order chi connectivity index (χ1) is 13.7. The summed E-state index contributed by atoms with van der Waals surface area (Å²) in [5.41, 5.74) is 3.24. The number of benzene rings is 1. The van der Waals surface area contributed by atoms with E-state index in [1.54, 1.807) is 14.0 Å². The number of carboxylic acids is 2. The predicted molar refractivity (Wildman–Crippen MR) is 108 cm³/mol. The molecule has 0 saturated carbocycles. The molecule has 4 N–H and O–H groups in total. The molecule has 1 amide bonds. The van der Waals surface area contributed by atoms with Crippen molar-refractivity contribution in [3.8, 4) is 11.1 Å². The van der Waals surface area contributed by atoms with Gasteiger partial charge in [-0.1, -0.05) is 29.8 Å². The van der Waals surface area contributed by atoms with Crippen molar-refractivity contribution < 1.29 is 34.1 Å². The molecule has 0 atom stereocenters. The van der Waals surface area contributed by atoms with Crippen LogP contribution in [0.25, 0.3) is 11.1 Å². The number of carbonyl (C=O) groups excluding carboxylic acids is 2. The van der Waals surface area contributed by atoms with Gasteiger partial charge in [-0.15, -0.1) is 11.3 Å². The molecule has 0 spiro atoms. The Labute approximate surface area is 171 Å². The van der Waals surface area contributed by atoms with Crippen LogP contribution in [0.3, 0.4) is 0 Å². The highest BCUT2D eigenvalue weighted by Gasteiger charge is 2.22. The van der Waals surface area contributed by atoms with Gasteiger partial charge in [0.1, 0.15) is 10.6 Å². The number of thiophene rings is 1. The third-order valence-electron chi connectivity index (χ3n) is 3.41. The Morgan fingerprint density at radius 3 is 2.14 bits per heavy atom. The summed E-state index contributed by atoms with van der Waals surface area (Å²) in [4.78, 5) is 42.4. The molecule has 0 fully saturated rings. The highest BCUT2D eigenvalue weighted by molar-refractivity contribution is 7.15. The van der Waals surface area contributed by atoms with E-state index in [4.69, 9.17) is 24.5 Å². The van der Waals surface area contributed by atoms with Crippen LogP contribution in [0.2, 0.25) is 0 Å². The van der Waals surface area contributed by atoms with Crippen molar-refractivity contribution in [2.24, 2.45) is 0 Å². The van der Waals surface area contributed by atoms with Crippen LogP contribution in [-0.2, 0) is 19.1 Å². The molecule has 0 aliphatic carbocycles. The maximum absolute atomic E-state index is 12.3. The Hall–Kier alpha value is -3.24. The molecule has 0 radical (unpaired) electrons. The maximum atomic E-state index is 12.3. The summed E-state index contributed by atoms with van der Waals surface area (Å²) in [6.45, 7) is 4.23. The number of hydrogen-bond donors (Lipinski definition) is 4. The molecule has 2 aromatic rings. The Morgan fingerprint density at radius 1 is 1.07 bits per heavy atom. The van der Waals surface area contributed by atoms with Gasteiger partial charge in [0, 0.05) is 10.9 Å².